The van der Waals surface area contributed by atoms with Gasteiger partial charge in [0.2, 0.25) is 0 Å². The van der Waals surface area contributed by atoms with Crippen molar-refractivity contribution in [2.75, 3.05) is 24.5 Å². The lowest BCUT2D eigenvalue weighted by molar-refractivity contribution is 0.655. The van der Waals surface area contributed by atoms with Gasteiger partial charge in [-0.05, 0) is 43.5 Å². The zero-order chi connectivity index (χ0) is 15.5. The number of unbranched alkanes of at least 4 members (excludes halogenated alkanes) is 2. The average molecular weight is 355 g/mol. The standard InChI is InChI=1S/C18H31BrN2/c1-4-7-12-21(13-8-5-2)18-14-17(19)10-9-16(18)15-20-11-6-3/h9-10,14,20H,4-8,11-13,15H2,1-3H3. The van der Waals surface area contributed by atoms with Crippen molar-refractivity contribution >= 4 is 21.6 Å². The van der Waals surface area contributed by atoms with E-state index in [4.69, 9.17) is 0 Å². The summed E-state index contributed by atoms with van der Waals surface area (Å²) in [6, 6.07) is 6.70. The quantitative estimate of drug-likeness (QED) is 0.538. The van der Waals surface area contributed by atoms with E-state index in [1.807, 2.05) is 0 Å². The summed E-state index contributed by atoms with van der Waals surface area (Å²) in [4.78, 5) is 2.57. The van der Waals surface area contributed by atoms with E-state index in [9.17, 15) is 0 Å². The Hall–Kier alpha value is -0.540. The Labute approximate surface area is 139 Å². The van der Waals surface area contributed by atoms with Crippen LogP contribution in [-0.4, -0.2) is 19.6 Å². The fraction of sp³-hybridized carbons (Fsp3) is 0.667. The number of hydrogen-bond acceptors (Lipinski definition) is 2. The maximum Gasteiger partial charge on any atom is 0.0423 e. The van der Waals surface area contributed by atoms with Gasteiger partial charge in [0.25, 0.3) is 0 Å². The molecule has 0 aliphatic heterocycles. The molecule has 0 saturated carbocycles. The maximum atomic E-state index is 3.64. The first-order chi connectivity index (χ1) is 10.2. The summed E-state index contributed by atoms with van der Waals surface area (Å²) in [7, 11) is 0. The van der Waals surface area contributed by atoms with Crippen LogP contribution in [0.2, 0.25) is 0 Å². The van der Waals surface area contributed by atoms with Gasteiger partial charge < -0.3 is 10.2 Å². The molecule has 3 heteroatoms. The lowest BCUT2D eigenvalue weighted by Gasteiger charge is -2.27. The highest BCUT2D eigenvalue weighted by atomic mass is 79.9. The SMILES string of the molecule is CCCCN(CCCC)c1cc(Br)ccc1CNCCC. The molecule has 0 fully saturated rings. The topological polar surface area (TPSA) is 15.3 Å². The molecule has 0 unspecified atom stereocenters. The van der Waals surface area contributed by atoms with Crippen LogP contribution in [0.1, 0.15) is 58.4 Å². The van der Waals surface area contributed by atoms with E-state index in [1.165, 1.54) is 47.8 Å². The Morgan fingerprint density at radius 2 is 1.67 bits per heavy atom. The van der Waals surface area contributed by atoms with Crippen molar-refractivity contribution < 1.29 is 0 Å². The van der Waals surface area contributed by atoms with Crippen LogP contribution in [0.25, 0.3) is 0 Å². The van der Waals surface area contributed by atoms with Gasteiger partial charge in [-0.1, -0.05) is 55.6 Å². The van der Waals surface area contributed by atoms with Crippen LogP contribution >= 0.6 is 15.9 Å². The van der Waals surface area contributed by atoms with Crippen LogP contribution in [0.3, 0.4) is 0 Å². The largest absolute Gasteiger partial charge is 0.371 e. The predicted octanol–water partition coefficient (Wildman–Crippen LogP) is 5.36. The van der Waals surface area contributed by atoms with Crippen LogP contribution in [0.15, 0.2) is 22.7 Å². The molecule has 0 aromatic heterocycles. The van der Waals surface area contributed by atoms with Gasteiger partial charge in [0.1, 0.15) is 0 Å². The minimum Gasteiger partial charge on any atom is -0.371 e. The highest BCUT2D eigenvalue weighted by Gasteiger charge is 2.11. The fourth-order valence-corrected chi connectivity index (χ4v) is 2.78. The molecular formula is C18H31BrN2. The molecule has 2 nitrogen and oxygen atoms in total. The van der Waals surface area contributed by atoms with Gasteiger partial charge in [0.15, 0.2) is 0 Å². The Kier molecular flexibility index (Phi) is 9.77. The number of halogens is 1. The third kappa shape index (κ3) is 6.84. The van der Waals surface area contributed by atoms with E-state index in [1.54, 1.807) is 0 Å². The van der Waals surface area contributed by atoms with Crippen LogP contribution in [0.5, 0.6) is 0 Å². The van der Waals surface area contributed by atoms with Crippen molar-refractivity contribution in [3.05, 3.63) is 28.2 Å². The lowest BCUT2D eigenvalue weighted by atomic mass is 10.1. The second kappa shape index (κ2) is 11.1. The van der Waals surface area contributed by atoms with Gasteiger partial charge in [-0.2, -0.15) is 0 Å². The number of anilines is 1. The van der Waals surface area contributed by atoms with Crippen molar-refractivity contribution in [2.45, 2.75) is 59.4 Å². The zero-order valence-electron chi connectivity index (χ0n) is 13.9. The second-order valence-corrected chi connectivity index (χ2v) is 6.56. The number of rotatable bonds is 11. The minimum absolute atomic E-state index is 0.963. The van der Waals surface area contributed by atoms with Crippen molar-refractivity contribution in [3.8, 4) is 0 Å². The Morgan fingerprint density at radius 3 is 2.24 bits per heavy atom. The zero-order valence-corrected chi connectivity index (χ0v) is 15.5. The molecule has 0 aliphatic rings. The van der Waals surface area contributed by atoms with Gasteiger partial charge >= 0.3 is 0 Å². The summed E-state index contributed by atoms with van der Waals surface area (Å²) < 4.78 is 1.18. The van der Waals surface area contributed by atoms with Crippen LogP contribution in [-0.2, 0) is 6.54 Å². The smallest absolute Gasteiger partial charge is 0.0423 e. The average Bonchev–Trinajstić information content (AvgIpc) is 2.49. The maximum absolute atomic E-state index is 3.64. The summed E-state index contributed by atoms with van der Waals surface area (Å²) in [6.07, 6.45) is 6.21. The molecule has 0 radical (unpaired) electrons. The van der Waals surface area contributed by atoms with Gasteiger partial charge in [-0.15, -0.1) is 0 Å². The van der Waals surface area contributed by atoms with Crippen molar-refractivity contribution in [3.63, 3.8) is 0 Å². The number of nitrogens with zero attached hydrogens (tertiary/aromatic N) is 1. The predicted molar refractivity (Wildman–Crippen MR) is 98.2 cm³/mol. The first kappa shape index (κ1) is 18.5. The van der Waals surface area contributed by atoms with E-state index in [2.05, 4.69) is 65.1 Å². The van der Waals surface area contributed by atoms with Gasteiger partial charge in [-0.25, -0.2) is 0 Å². The monoisotopic (exact) mass is 354 g/mol. The molecule has 1 aromatic carbocycles. The summed E-state index contributed by atoms with van der Waals surface area (Å²) in [5.74, 6) is 0. The number of nitrogens with one attached hydrogen (secondary N) is 1. The Balaban J connectivity index is 2.88. The molecule has 0 saturated heterocycles. The highest BCUT2D eigenvalue weighted by Crippen LogP contribution is 2.26. The highest BCUT2D eigenvalue weighted by molar-refractivity contribution is 9.10. The third-order valence-electron chi connectivity index (χ3n) is 3.69. The van der Waals surface area contributed by atoms with Crippen molar-refractivity contribution in [2.24, 2.45) is 0 Å². The van der Waals surface area contributed by atoms with Crippen LogP contribution in [0.4, 0.5) is 5.69 Å². The van der Waals surface area contributed by atoms with E-state index < -0.39 is 0 Å². The van der Waals surface area contributed by atoms with Gasteiger partial charge in [0.05, 0.1) is 0 Å². The molecule has 1 N–H and O–H groups in total. The second-order valence-electron chi connectivity index (χ2n) is 5.64. The molecule has 120 valence electrons. The summed E-state index contributed by atoms with van der Waals surface area (Å²) in [5.41, 5.74) is 2.81. The van der Waals surface area contributed by atoms with Gasteiger partial charge in [-0.3, -0.25) is 0 Å². The Morgan fingerprint density at radius 1 is 1.00 bits per heavy atom. The molecule has 0 spiro atoms. The molecule has 0 bridgehead atoms. The summed E-state index contributed by atoms with van der Waals surface area (Å²) >= 11 is 3.64. The van der Waals surface area contributed by atoms with E-state index in [0.717, 1.165) is 26.2 Å². The first-order valence-corrected chi connectivity index (χ1v) is 9.26. The van der Waals surface area contributed by atoms with Crippen LogP contribution in [0, 0.1) is 0 Å². The van der Waals surface area contributed by atoms with Crippen LogP contribution < -0.4 is 10.2 Å². The molecule has 1 aromatic rings. The van der Waals surface area contributed by atoms with E-state index in [0.29, 0.717) is 0 Å². The summed E-state index contributed by atoms with van der Waals surface area (Å²) in [5, 5.41) is 3.54. The molecule has 0 amide bonds. The number of hydrogen-bond donors (Lipinski definition) is 1. The molecule has 0 heterocycles. The third-order valence-corrected chi connectivity index (χ3v) is 4.19. The lowest BCUT2D eigenvalue weighted by Crippen LogP contribution is -2.27. The molecule has 0 atom stereocenters. The van der Waals surface area contributed by atoms with Gasteiger partial charge in [0, 0.05) is 29.8 Å². The first-order valence-electron chi connectivity index (χ1n) is 8.47. The fourth-order valence-electron chi connectivity index (χ4n) is 2.43. The van der Waals surface area contributed by atoms with Crippen molar-refractivity contribution in [1.82, 2.24) is 5.32 Å². The molecule has 0 aliphatic carbocycles. The molecular weight excluding hydrogens is 324 g/mol. The molecule has 21 heavy (non-hydrogen) atoms. The van der Waals surface area contributed by atoms with Crippen molar-refractivity contribution in [1.29, 1.82) is 0 Å². The van der Waals surface area contributed by atoms with E-state index in [-0.39, 0.29) is 0 Å². The normalized spacial score (nSPS) is 10.9. The molecule has 1 rings (SSSR count). The van der Waals surface area contributed by atoms with E-state index >= 15 is 0 Å². The summed E-state index contributed by atoms with van der Waals surface area (Å²) in [6.45, 7) is 11.1. The number of benzene rings is 1. The minimum atomic E-state index is 0.963. The Bertz CT molecular complexity index is 385.